The summed E-state index contributed by atoms with van der Waals surface area (Å²) in [6.07, 6.45) is 0.0207. The summed E-state index contributed by atoms with van der Waals surface area (Å²) in [5.74, 6) is -0.558. The van der Waals surface area contributed by atoms with E-state index in [0.717, 1.165) is 0 Å². The number of primary amides is 1. The lowest BCUT2D eigenvalue weighted by atomic mass is 9.86. The van der Waals surface area contributed by atoms with Crippen LogP contribution in [0.25, 0.3) is 0 Å². The van der Waals surface area contributed by atoms with Crippen molar-refractivity contribution < 1.29 is 23.8 Å². The smallest absolute Gasteiger partial charge is 0.312 e. The Morgan fingerprint density at radius 2 is 2.04 bits per heavy atom. The third-order valence-electron chi connectivity index (χ3n) is 4.57. The van der Waals surface area contributed by atoms with Crippen molar-refractivity contribution in [2.75, 3.05) is 13.7 Å². The minimum absolute atomic E-state index is 0.0207. The van der Waals surface area contributed by atoms with E-state index in [1.54, 1.807) is 38.2 Å². The largest absolute Gasteiger partial charge is 0.493 e. The molecule has 8 nitrogen and oxygen atoms in total. The van der Waals surface area contributed by atoms with E-state index in [1.165, 1.54) is 11.7 Å². The van der Waals surface area contributed by atoms with Crippen molar-refractivity contribution >= 4 is 11.9 Å². The first kappa shape index (κ1) is 18.5. The van der Waals surface area contributed by atoms with Crippen molar-refractivity contribution in [3.05, 3.63) is 51.4 Å². The summed E-state index contributed by atoms with van der Waals surface area (Å²) in [5, 5.41) is 0. The number of fused-ring (bicyclic) bond motifs is 1. The molecule has 2 N–H and O–H groups in total. The number of amides is 1. The lowest BCUT2D eigenvalue weighted by Crippen LogP contribution is -2.32. The van der Waals surface area contributed by atoms with E-state index < -0.39 is 17.8 Å². The van der Waals surface area contributed by atoms with Gasteiger partial charge in [-0.05, 0) is 24.6 Å². The molecule has 0 spiro atoms. The van der Waals surface area contributed by atoms with Crippen LogP contribution < -0.4 is 25.5 Å². The fourth-order valence-electron chi connectivity index (χ4n) is 3.11. The summed E-state index contributed by atoms with van der Waals surface area (Å²) in [4.78, 5) is 35.9. The molecule has 1 amide bonds. The number of ether oxygens (including phenoxy) is 3. The molecule has 142 valence electrons. The summed E-state index contributed by atoms with van der Waals surface area (Å²) in [7, 11) is 3.14. The number of esters is 1. The van der Waals surface area contributed by atoms with Gasteiger partial charge in [0.2, 0.25) is 0 Å². The highest BCUT2D eigenvalue weighted by molar-refractivity contribution is 5.78. The highest BCUT2D eigenvalue weighted by Gasteiger charge is 2.32. The first-order valence-electron chi connectivity index (χ1n) is 8.32. The molecule has 1 aliphatic rings. The molecular formula is C19H20N2O6. The van der Waals surface area contributed by atoms with Gasteiger partial charge in [0.05, 0.1) is 19.1 Å². The van der Waals surface area contributed by atoms with Gasteiger partial charge >= 0.3 is 5.97 Å². The molecule has 0 bridgehead atoms. The van der Waals surface area contributed by atoms with Crippen LogP contribution in [0.15, 0.2) is 29.1 Å². The van der Waals surface area contributed by atoms with Gasteiger partial charge in [-0.3, -0.25) is 14.4 Å². The molecule has 0 radical (unpaired) electrons. The molecule has 27 heavy (non-hydrogen) atoms. The first-order chi connectivity index (χ1) is 12.8. The topological polar surface area (TPSA) is 110 Å². The van der Waals surface area contributed by atoms with Gasteiger partial charge < -0.3 is 24.5 Å². The molecule has 3 rings (SSSR count). The van der Waals surface area contributed by atoms with Gasteiger partial charge in [-0.1, -0.05) is 6.07 Å². The predicted octanol–water partition coefficient (Wildman–Crippen LogP) is 1.01. The fourth-order valence-corrected chi connectivity index (χ4v) is 3.11. The number of aromatic nitrogens is 1. The van der Waals surface area contributed by atoms with E-state index in [2.05, 4.69) is 0 Å². The van der Waals surface area contributed by atoms with Crippen LogP contribution >= 0.6 is 0 Å². The van der Waals surface area contributed by atoms with E-state index in [9.17, 15) is 14.4 Å². The van der Waals surface area contributed by atoms with Gasteiger partial charge in [0.15, 0.2) is 18.1 Å². The first-order valence-corrected chi connectivity index (χ1v) is 8.32. The van der Waals surface area contributed by atoms with Crippen LogP contribution in [0.1, 0.15) is 29.2 Å². The maximum absolute atomic E-state index is 12.8. The number of rotatable bonds is 5. The van der Waals surface area contributed by atoms with Crippen molar-refractivity contribution in [3.8, 4) is 17.2 Å². The molecule has 8 heteroatoms. The molecule has 1 aromatic heterocycles. The molecule has 0 fully saturated rings. The van der Waals surface area contributed by atoms with Gasteiger partial charge in [0, 0.05) is 24.7 Å². The van der Waals surface area contributed by atoms with Crippen LogP contribution in [0.5, 0.6) is 17.2 Å². The lowest BCUT2D eigenvalue weighted by molar-refractivity contribution is -0.135. The highest BCUT2D eigenvalue weighted by atomic mass is 16.5. The van der Waals surface area contributed by atoms with Crippen molar-refractivity contribution in [1.29, 1.82) is 0 Å². The van der Waals surface area contributed by atoms with E-state index in [4.69, 9.17) is 19.9 Å². The van der Waals surface area contributed by atoms with Crippen LogP contribution in [0, 0.1) is 6.92 Å². The molecule has 0 unspecified atom stereocenters. The normalized spacial score (nSPS) is 15.7. The zero-order chi connectivity index (χ0) is 19.7. The minimum Gasteiger partial charge on any atom is -0.493 e. The Balaban J connectivity index is 2.11. The average molecular weight is 372 g/mol. The monoisotopic (exact) mass is 372 g/mol. The van der Waals surface area contributed by atoms with Crippen molar-refractivity contribution in [3.63, 3.8) is 0 Å². The molecule has 2 heterocycles. The molecule has 1 atom stereocenters. The van der Waals surface area contributed by atoms with Crippen LogP contribution in [-0.2, 0) is 16.6 Å². The van der Waals surface area contributed by atoms with Crippen LogP contribution in [0.2, 0.25) is 0 Å². The Hall–Kier alpha value is -3.29. The molecule has 0 aliphatic carbocycles. The summed E-state index contributed by atoms with van der Waals surface area (Å²) in [6.45, 7) is 1.45. The number of hydrogen-bond acceptors (Lipinski definition) is 6. The molecule has 0 saturated heterocycles. The molecule has 0 saturated carbocycles. The van der Waals surface area contributed by atoms with Crippen molar-refractivity contribution in [2.24, 2.45) is 12.8 Å². The number of carbonyl (C=O) groups excluding carboxylic acids is 2. The maximum atomic E-state index is 12.8. The second kappa shape index (κ2) is 7.14. The average Bonchev–Trinajstić information content (AvgIpc) is 2.63. The SMILES string of the molecule is COc1ccc([C@H]2CC(=O)Oc3cc(C)n(C)c(=O)c32)cc1OCC(N)=O. The second-order valence-corrected chi connectivity index (χ2v) is 6.32. The summed E-state index contributed by atoms with van der Waals surface area (Å²) in [6, 6.07) is 6.73. The van der Waals surface area contributed by atoms with Gasteiger partial charge in [0.25, 0.3) is 11.5 Å². The highest BCUT2D eigenvalue weighted by Crippen LogP contribution is 2.39. The third kappa shape index (κ3) is 3.51. The number of methoxy groups -OCH3 is 1. The zero-order valence-electron chi connectivity index (χ0n) is 15.3. The van der Waals surface area contributed by atoms with Gasteiger partial charge in [-0.25, -0.2) is 0 Å². The predicted molar refractivity (Wildman–Crippen MR) is 96.2 cm³/mol. The van der Waals surface area contributed by atoms with E-state index in [-0.39, 0.29) is 24.3 Å². The fraction of sp³-hybridized carbons (Fsp3) is 0.316. The van der Waals surface area contributed by atoms with E-state index in [1.807, 2.05) is 0 Å². The summed E-state index contributed by atoms with van der Waals surface area (Å²) in [5.41, 5.74) is 6.68. The summed E-state index contributed by atoms with van der Waals surface area (Å²) < 4.78 is 17.4. The second-order valence-electron chi connectivity index (χ2n) is 6.32. The Morgan fingerprint density at radius 1 is 1.30 bits per heavy atom. The standard InChI is InChI=1S/C19H20N2O6/c1-10-6-15-18(19(24)21(10)2)12(8-17(23)27-15)11-4-5-13(25-3)14(7-11)26-9-16(20)22/h4-7,12H,8-9H2,1-3H3,(H2,20,22)/t12-/m1/s1. The lowest BCUT2D eigenvalue weighted by Gasteiger charge is -2.26. The maximum Gasteiger partial charge on any atom is 0.312 e. The Bertz CT molecular complexity index is 979. The number of hydrogen-bond donors (Lipinski definition) is 1. The minimum atomic E-state index is -0.626. The Morgan fingerprint density at radius 3 is 2.70 bits per heavy atom. The number of aryl methyl sites for hydroxylation is 1. The number of carbonyl (C=O) groups is 2. The zero-order valence-corrected chi connectivity index (χ0v) is 15.3. The third-order valence-corrected chi connectivity index (χ3v) is 4.57. The van der Waals surface area contributed by atoms with Crippen LogP contribution in [0.3, 0.4) is 0 Å². The molecule has 1 aliphatic heterocycles. The number of nitrogens with two attached hydrogens (primary N) is 1. The van der Waals surface area contributed by atoms with E-state index in [0.29, 0.717) is 28.3 Å². The van der Waals surface area contributed by atoms with Gasteiger partial charge in [-0.15, -0.1) is 0 Å². The number of nitrogens with zero attached hydrogens (tertiary/aromatic N) is 1. The van der Waals surface area contributed by atoms with Crippen molar-refractivity contribution in [1.82, 2.24) is 4.57 Å². The molecule has 1 aromatic carbocycles. The van der Waals surface area contributed by atoms with Crippen LogP contribution in [-0.4, -0.2) is 30.2 Å². The van der Waals surface area contributed by atoms with Gasteiger partial charge in [0.1, 0.15) is 5.75 Å². The number of pyridine rings is 1. The molecule has 2 aromatic rings. The quantitative estimate of drug-likeness (QED) is 0.785. The molecular weight excluding hydrogens is 352 g/mol. The summed E-state index contributed by atoms with van der Waals surface area (Å²) >= 11 is 0. The Labute approximate surface area is 155 Å². The van der Waals surface area contributed by atoms with Crippen LogP contribution in [0.4, 0.5) is 0 Å². The van der Waals surface area contributed by atoms with Gasteiger partial charge in [-0.2, -0.15) is 0 Å². The van der Waals surface area contributed by atoms with Crippen molar-refractivity contribution in [2.45, 2.75) is 19.3 Å². The Kier molecular flexibility index (Phi) is 4.89. The van der Waals surface area contributed by atoms with E-state index >= 15 is 0 Å². The number of benzene rings is 1.